The highest BCUT2D eigenvalue weighted by atomic mass is 32.2. The smallest absolute Gasteiger partial charge is 0.206 e. The molecule has 1 saturated heterocycles. The Morgan fingerprint density at radius 1 is 0.952 bits per heavy atom. The van der Waals surface area contributed by atoms with Crippen molar-refractivity contribution in [3.63, 3.8) is 0 Å². The lowest BCUT2D eigenvalue weighted by Gasteiger charge is -2.24. The van der Waals surface area contributed by atoms with Gasteiger partial charge in [0.1, 0.15) is 0 Å². The Labute approximate surface area is 124 Å². The molecule has 2 aromatic rings. The summed E-state index contributed by atoms with van der Waals surface area (Å²) in [5, 5.41) is 3.26. The van der Waals surface area contributed by atoms with Crippen LogP contribution >= 0.6 is 0 Å². The Kier molecular flexibility index (Phi) is 4.05. The molecule has 5 heteroatoms. The average molecular weight is 303 g/mol. The summed E-state index contributed by atoms with van der Waals surface area (Å²) in [4.78, 5) is 0.620. The van der Waals surface area contributed by atoms with E-state index in [4.69, 9.17) is 4.74 Å². The third-order valence-corrected chi connectivity index (χ3v) is 5.33. The van der Waals surface area contributed by atoms with E-state index >= 15 is 0 Å². The van der Waals surface area contributed by atoms with Crippen LogP contribution in [0.1, 0.15) is 11.7 Å². The van der Waals surface area contributed by atoms with E-state index in [0.29, 0.717) is 16.4 Å². The van der Waals surface area contributed by atoms with E-state index in [1.165, 1.54) is 0 Å². The van der Waals surface area contributed by atoms with Crippen LogP contribution in [0.15, 0.2) is 64.4 Å². The molecule has 1 atom stereocenters. The van der Waals surface area contributed by atoms with Crippen molar-refractivity contribution in [1.29, 1.82) is 0 Å². The molecule has 1 heterocycles. The second kappa shape index (κ2) is 5.97. The van der Waals surface area contributed by atoms with Gasteiger partial charge in [0.05, 0.1) is 22.5 Å². The van der Waals surface area contributed by atoms with E-state index in [0.717, 1.165) is 18.7 Å². The van der Waals surface area contributed by atoms with Crippen molar-refractivity contribution in [3.8, 4) is 0 Å². The molecule has 2 aromatic carbocycles. The van der Waals surface area contributed by atoms with Gasteiger partial charge in [0, 0.05) is 13.1 Å². The first-order chi connectivity index (χ1) is 10.2. The van der Waals surface area contributed by atoms with Gasteiger partial charge in [0.15, 0.2) is 0 Å². The summed E-state index contributed by atoms with van der Waals surface area (Å²) in [7, 11) is -3.44. The maximum Gasteiger partial charge on any atom is 0.206 e. The molecule has 1 aliphatic rings. The number of hydrogen-bond acceptors (Lipinski definition) is 4. The van der Waals surface area contributed by atoms with Crippen molar-refractivity contribution < 1.29 is 13.2 Å². The molecule has 0 spiro atoms. The highest BCUT2D eigenvalue weighted by Gasteiger charge is 2.19. The number of rotatable bonds is 3. The van der Waals surface area contributed by atoms with E-state index in [1.807, 2.05) is 12.1 Å². The fourth-order valence-corrected chi connectivity index (χ4v) is 3.66. The van der Waals surface area contributed by atoms with E-state index in [1.54, 1.807) is 42.5 Å². The lowest BCUT2D eigenvalue weighted by Crippen LogP contribution is -2.33. The van der Waals surface area contributed by atoms with Gasteiger partial charge in [0.25, 0.3) is 0 Å². The number of nitrogens with one attached hydrogen (secondary N) is 1. The standard InChI is InChI=1S/C16H17NO3S/c18-21(19,14-4-2-1-3-5-14)15-8-6-13(7-9-15)16-12-17-10-11-20-16/h1-9,16-17H,10-12H2. The van der Waals surface area contributed by atoms with Gasteiger partial charge in [-0.05, 0) is 29.8 Å². The van der Waals surface area contributed by atoms with Crippen LogP contribution in [0.3, 0.4) is 0 Å². The van der Waals surface area contributed by atoms with Crippen molar-refractivity contribution in [2.24, 2.45) is 0 Å². The molecule has 3 rings (SSSR count). The number of hydrogen-bond donors (Lipinski definition) is 1. The summed E-state index contributed by atoms with van der Waals surface area (Å²) in [6.45, 7) is 2.29. The predicted octanol–water partition coefficient (Wildman–Crippen LogP) is 2.18. The zero-order chi connectivity index (χ0) is 14.7. The van der Waals surface area contributed by atoms with Crippen LogP contribution < -0.4 is 5.32 Å². The Morgan fingerprint density at radius 3 is 2.24 bits per heavy atom. The third kappa shape index (κ3) is 3.00. The van der Waals surface area contributed by atoms with Crippen LogP contribution in [0.25, 0.3) is 0 Å². The van der Waals surface area contributed by atoms with Gasteiger partial charge in [-0.3, -0.25) is 0 Å². The number of morpholine rings is 1. The summed E-state index contributed by atoms with van der Waals surface area (Å²) < 4.78 is 30.6. The highest BCUT2D eigenvalue weighted by Crippen LogP contribution is 2.24. The van der Waals surface area contributed by atoms with Crippen molar-refractivity contribution in [3.05, 3.63) is 60.2 Å². The summed E-state index contributed by atoms with van der Waals surface area (Å²) in [6.07, 6.45) is -0.00720. The third-order valence-electron chi connectivity index (χ3n) is 3.54. The minimum atomic E-state index is -3.44. The first kappa shape index (κ1) is 14.3. The van der Waals surface area contributed by atoms with Gasteiger partial charge in [-0.25, -0.2) is 8.42 Å². The Hall–Kier alpha value is -1.69. The summed E-state index contributed by atoms with van der Waals surface area (Å²) in [5.41, 5.74) is 0.995. The number of sulfone groups is 1. The zero-order valence-corrected chi connectivity index (χ0v) is 12.3. The van der Waals surface area contributed by atoms with E-state index < -0.39 is 9.84 Å². The monoisotopic (exact) mass is 303 g/mol. The summed E-state index contributed by atoms with van der Waals surface area (Å²) in [5.74, 6) is 0. The predicted molar refractivity (Wildman–Crippen MR) is 79.9 cm³/mol. The molecule has 1 unspecified atom stereocenters. The molecule has 0 radical (unpaired) electrons. The second-order valence-electron chi connectivity index (χ2n) is 4.95. The Morgan fingerprint density at radius 2 is 1.62 bits per heavy atom. The van der Waals surface area contributed by atoms with Crippen molar-refractivity contribution in [2.75, 3.05) is 19.7 Å². The number of benzene rings is 2. The molecule has 0 saturated carbocycles. The molecule has 1 N–H and O–H groups in total. The van der Waals surface area contributed by atoms with Crippen molar-refractivity contribution in [2.45, 2.75) is 15.9 Å². The topological polar surface area (TPSA) is 55.4 Å². The van der Waals surface area contributed by atoms with Crippen LogP contribution in [-0.2, 0) is 14.6 Å². The first-order valence-corrected chi connectivity index (χ1v) is 8.39. The average Bonchev–Trinajstić information content (AvgIpc) is 2.57. The first-order valence-electron chi connectivity index (χ1n) is 6.90. The molecule has 0 amide bonds. The van der Waals surface area contributed by atoms with Crippen LogP contribution in [-0.4, -0.2) is 28.1 Å². The fourth-order valence-electron chi connectivity index (χ4n) is 2.38. The van der Waals surface area contributed by atoms with E-state index in [-0.39, 0.29) is 6.10 Å². The Bertz CT molecular complexity index is 690. The molecule has 110 valence electrons. The largest absolute Gasteiger partial charge is 0.371 e. The van der Waals surface area contributed by atoms with Gasteiger partial charge < -0.3 is 10.1 Å². The van der Waals surface area contributed by atoms with Crippen molar-refractivity contribution >= 4 is 9.84 Å². The van der Waals surface area contributed by atoms with Gasteiger partial charge in [0.2, 0.25) is 9.84 Å². The summed E-state index contributed by atoms with van der Waals surface area (Å²) >= 11 is 0. The second-order valence-corrected chi connectivity index (χ2v) is 6.90. The maximum absolute atomic E-state index is 12.5. The molecule has 4 nitrogen and oxygen atoms in total. The summed E-state index contributed by atoms with van der Waals surface area (Å²) in [6, 6.07) is 15.4. The molecular formula is C16H17NO3S. The molecule has 0 aliphatic carbocycles. The van der Waals surface area contributed by atoms with Gasteiger partial charge in [-0.1, -0.05) is 30.3 Å². The molecule has 1 aliphatic heterocycles. The molecule has 1 fully saturated rings. The van der Waals surface area contributed by atoms with Crippen LogP contribution in [0, 0.1) is 0 Å². The normalized spacial score (nSPS) is 19.3. The van der Waals surface area contributed by atoms with E-state index in [9.17, 15) is 8.42 Å². The quantitative estimate of drug-likeness (QED) is 0.944. The lowest BCUT2D eigenvalue weighted by atomic mass is 10.1. The van der Waals surface area contributed by atoms with Crippen LogP contribution in [0.5, 0.6) is 0 Å². The fraction of sp³-hybridized carbons (Fsp3) is 0.250. The minimum Gasteiger partial charge on any atom is -0.371 e. The van der Waals surface area contributed by atoms with Crippen molar-refractivity contribution in [1.82, 2.24) is 5.32 Å². The molecule has 0 bridgehead atoms. The zero-order valence-electron chi connectivity index (χ0n) is 11.5. The van der Waals surface area contributed by atoms with Crippen LogP contribution in [0.4, 0.5) is 0 Å². The van der Waals surface area contributed by atoms with Gasteiger partial charge in [-0.2, -0.15) is 0 Å². The molecule has 21 heavy (non-hydrogen) atoms. The van der Waals surface area contributed by atoms with E-state index in [2.05, 4.69) is 5.32 Å². The SMILES string of the molecule is O=S(=O)(c1ccccc1)c1ccc(C2CNCCO2)cc1. The number of ether oxygens (including phenoxy) is 1. The lowest BCUT2D eigenvalue weighted by molar-refractivity contribution is 0.0277. The highest BCUT2D eigenvalue weighted by molar-refractivity contribution is 7.91. The van der Waals surface area contributed by atoms with Gasteiger partial charge in [-0.15, -0.1) is 0 Å². The molecule has 0 aromatic heterocycles. The van der Waals surface area contributed by atoms with Crippen LogP contribution in [0.2, 0.25) is 0 Å². The minimum absolute atomic E-state index is 0.00720. The maximum atomic E-state index is 12.5. The Balaban J connectivity index is 1.87. The molecular weight excluding hydrogens is 286 g/mol. The van der Waals surface area contributed by atoms with Gasteiger partial charge >= 0.3 is 0 Å².